The van der Waals surface area contributed by atoms with Crippen molar-refractivity contribution in [3.05, 3.63) is 28.2 Å². The van der Waals surface area contributed by atoms with Crippen molar-refractivity contribution in [1.29, 1.82) is 0 Å². The van der Waals surface area contributed by atoms with Gasteiger partial charge in [-0.25, -0.2) is 4.79 Å². The fraction of sp³-hybridized carbons (Fsp3) is 0.353. The summed E-state index contributed by atoms with van der Waals surface area (Å²) in [6.45, 7) is 1.90. The van der Waals surface area contributed by atoms with E-state index in [9.17, 15) is 19.5 Å². The average Bonchev–Trinajstić information content (AvgIpc) is 2.78. The van der Waals surface area contributed by atoms with E-state index in [4.69, 9.17) is 0 Å². The molecule has 3 rings (SSSR count). The minimum atomic E-state index is -0.561. The molecule has 1 aromatic carbocycles. The lowest BCUT2D eigenvalue weighted by Crippen LogP contribution is -2.41. The van der Waals surface area contributed by atoms with Crippen LogP contribution in [0, 0.1) is 11.8 Å². The summed E-state index contributed by atoms with van der Waals surface area (Å²) in [5, 5.41) is 12.7. The fourth-order valence-corrected chi connectivity index (χ4v) is 3.03. The summed E-state index contributed by atoms with van der Waals surface area (Å²) in [6.07, 6.45) is 0.739. The van der Waals surface area contributed by atoms with Crippen molar-refractivity contribution in [3.63, 3.8) is 0 Å². The summed E-state index contributed by atoms with van der Waals surface area (Å²) >= 11 is 0. The molecule has 7 nitrogen and oxygen atoms in total. The molecule has 1 aliphatic rings. The number of hydrogen-bond acceptors (Lipinski definition) is 4. The quantitative estimate of drug-likeness (QED) is 0.598. The number of nitrogens with zero attached hydrogens (tertiary/aromatic N) is 2. The second kappa shape index (κ2) is 5.89. The van der Waals surface area contributed by atoms with Crippen molar-refractivity contribution in [1.82, 2.24) is 14.5 Å². The SMILES string of the molecule is CCC#Cc1ccc2c(c1O)n(C)c(=O)n2C1CC(=O)NC(=O)C1. The Morgan fingerprint density at radius 2 is 1.92 bits per heavy atom. The maximum Gasteiger partial charge on any atom is 0.329 e. The van der Waals surface area contributed by atoms with Crippen LogP contribution in [0.1, 0.15) is 37.8 Å². The molecule has 0 bridgehead atoms. The standard InChI is InChI=1S/C17H17N3O4/c1-3-4-5-10-6-7-12-15(16(10)23)19(2)17(24)20(12)11-8-13(21)18-14(22)9-11/h6-7,11,23H,3,8-9H2,1-2H3,(H,18,21,22). The van der Waals surface area contributed by atoms with E-state index in [0.717, 1.165) is 0 Å². The normalized spacial score (nSPS) is 15.2. The van der Waals surface area contributed by atoms with Gasteiger partial charge in [0.15, 0.2) is 5.75 Å². The van der Waals surface area contributed by atoms with Gasteiger partial charge in [-0.15, -0.1) is 0 Å². The van der Waals surface area contributed by atoms with Crippen LogP contribution in [-0.2, 0) is 16.6 Å². The number of imide groups is 1. The zero-order valence-corrected chi connectivity index (χ0v) is 13.4. The minimum absolute atomic E-state index is 0.0446. The number of amides is 2. The molecule has 7 heteroatoms. The third kappa shape index (κ3) is 2.46. The van der Waals surface area contributed by atoms with E-state index < -0.39 is 17.9 Å². The number of aromatic hydroxyl groups is 1. The number of carbonyl (C=O) groups excluding carboxylic acids is 2. The molecule has 1 aromatic heterocycles. The average molecular weight is 327 g/mol. The summed E-state index contributed by atoms with van der Waals surface area (Å²) in [7, 11) is 1.54. The summed E-state index contributed by atoms with van der Waals surface area (Å²) in [6, 6.07) is 2.77. The van der Waals surface area contributed by atoms with E-state index in [1.165, 1.54) is 9.13 Å². The number of hydrogen-bond donors (Lipinski definition) is 2. The molecular formula is C17H17N3O4. The van der Waals surface area contributed by atoms with Crippen LogP contribution in [0.4, 0.5) is 0 Å². The van der Waals surface area contributed by atoms with Gasteiger partial charge in [0, 0.05) is 26.3 Å². The maximum absolute atomic E-state index is 12.6. The Labute approximate surface area is 137 Å². The predicted molar refractivity (Wildman–Crippen MR) is 87.4 cm³/mol. The van der Waals surface area contributed by atoms with Crippen molar-refractivity contribution >= 4 is 22.8 Å². The van der Waals surface area contributed by atoms with E-state index in [2.05, 4.69) is 17.2 Å². The molecule has 1 aliphatic heterocycles. The zero-order chi connectivity index (χ0) is 17.4. The number of phenolic OH excluding ortho intramolecular Hbond substituents is 1. The lowest BCUT2D eigenvalue weighted by molar-refractivity contribution is -0.134. The van der Waals surface area contributed by atoms with Gasteiger partial charge in [0.2, 0.25) is 11.8 Å². The zero-order valence-electron chi connectivity index (χ0n) is 13.4. The molecule has 1 saturated heterocycles. The number of aromatic nitrogens is 2. The van der Waals surface area contributed by atoms with Crippen LogP contribution in [0.25, 0.3) is 11.0 Å². The molecule has 2 N–H and O–H groups in total. The first-order valence-electron chi connectivity index (χ1n) is 7.68. The number of benzene rings is 1. The number of rotatable bonds is 1. The third-order valence-electron chi connectivity index (χ3n) is 4.10. The van der Waals surface area contributed by atoms with Crippen molar-refractivity contribution < 1.29 is 14.7 Å². The van der Waals surface area contributed by atoms with Gasteiger partial charge in [0.25, 0.3) is 0 Å². The van der Waals surface area contributed by atoms with E-state index in [-0.39, 0.29) is 24.3 Å². The molecule has 0 saturated carbocycles. The number of carbonyl (C=O) groups is 2. The first-order chi connectivity index (χ1) is 11.4. The van der Waals surface area contributed by atoms with Gasteiger partial charge in [-0.1, -0.05) is 18.8 Å². The van der Waals surface area contributed by atoms with Gasteiger partial charge in [0.1, 0.15) is 5.52 Å². The molecule has 0 unspecified atom stereocenters. The Hall–Kier alpha value is -3.01. The molecule has 0 atom stereocenters. The number of piperidine rings is 1. The highest BCUT2D eigenvalue weighted by Gasteiger charge is 2.30. The van der Waals surface area contributed by atoms with Crippen LogP contribution >= 0.6 is 0 Å². The van der Waals surface area contributed by atoms with Crippen molar-refractivity contribution in [2.24, 2.45) is 7.05 Å². The first kappa shape index (κ1) is 15.9. The second-order valence-electron chi connectivity index (χ2n) is 5.73. The van der Waals surface area contributed by atoms with E-state index in [0.29, 0.717) is 23.0 Å². The van der Waals surface area contributed by atoms with Crippen LogP contribution in [-0.4, -0.2) is 26.1 Å². The molecule has 0 spiro atoms. The van der Waals surface area contributed by atoms with Gasteiger partial charge in [0.05, 0.1) is 17.1 Å². The maximum atomic E-state index is 12.6. The molecule has 24 heavy (non-hydrogen) atoms. The highest BCUT2D eigenvalue weighted by Crippen LogP contribution is 2.30. The first-order valence-corrected chi connectivity index (χ1v) is 7.68. The van der Waals surface area contributed by atoms with Gasteiger partial charge >= 0.3 is 5.69 Å². The number of aryl methyl sites for hydroxylation is 1. The van der Waals surface area contributed by atoms with Crippen LogP contribution < -0.4 is 11.0 Å². The second-order valence-corrected chi connectivity index (χ2v) is 5.73. The molecular weight excluding hydrogens is 310 g/mol. The molecule has 124 valence electrons. The molecule has 0 radical (unpaired) electrons. The van der Waals surface area contributed by atoms with Gasteiger partial charge in [-0.3, -0.25) is 24.0 Å². The van der Waals surface area contributed by atoms with Crippen LogP contribution in [0.15, 0.2) is 16.9 Å². The number of phenols is 1. The fourth-order valence-electron chi connectivity index (χ4n) is 3.03. The van der Waals surface area contributed by atoms with Gasteiger partial charge in [-0.05, 0) is 12.1 Å². The van der Waals surface area contributed by atoms with Gasteiger partial charge in [-0.2, -0.15) is 0 Å². The highest BCUT2D eigenvalue weighted by molar-refractivity contribution is 5.98. The number of nitrogens with one attached hydrogen (secondary N) is 1. The van der Waals surface area contributed by atoms with E-state index in [1.54, 1.807) is 19.2 Å². The Kier molecular flexibility index (Phi) is 3.89. The lowest BCUT2D eigenvalue weighted by Gasteiger charge is -2.22. The highest BCUT2D eigenvalue weighted by atomic mass is 16.3. The van der Waals surface area contributed by atoms with Crippen molar-refractivity contribution in [2.75, 3.05) is 0 Å². The van der Waals surface area contributed by atoms with Crippen LogP contribution in [0.3, 0.4) is 0 Å². The van der Waals surface area contributed by atoms with E-state index in [1.807, 2.05) is 6.92 Å². The summed E-state index contributed by atoms with van der Waals surface area (Å²) < 4.78 is 2.72. The van der Waals surface area contributed by atoms with Crippen molar-refractivity contribution in [2.45, 2.75) is 32.2 Å². The van der Waals surface area contributed by atoms with Gasteiger partial charge < -0.3 is 5.11 Å². The topological polar surface area (TPSA) is 93.3 Å². The third-order valence-corrected chi connectivity index (χ3v) is 4.10. The number of imidazole rings is 1. The minimum Gasteiger partial charge on any atom is -0.504 e. The van der Waals surface area contributed by atoms with Crippen LogP contribution in [0.2, 0.25) is 0 Å². The van der Waals surface area contributed by atoms with Crippen LogP contribution in [0.5, 0.6) is 5.75 Å². The smallest absolute Gasteiger partial charge is 0.329 e. The Morgan fingerprint density at radius 3 is 2.54 bits per heavy atom. The number of fused-ring (bicyclic) bond motifs is 1. The lowest BCUT2D eigenvalue weighted by atomic mass is 10.0. The molecule has 2 amide bonds. The largest absolute Gasteiger partial charge is 0.504 e. The van der Waals surface area contributed by atoms with Crippen molar-refractivity contribution in [3.8, 4) is 17.6 Å². The van der Waals surface area contributed by atoms with E-state index >= 15 is 0 Å². The summed E-state index contributed by atoms with van der Waals surface area (Å²) in [5.74, 6) is 4.86. The molecule has 2 aromatic rings. The Morgan fingerprint density at radius 1 is 1.25 bits per heavy atom. The summed E-state index contributed by atoms with van der Waals surface area (Å²) in [5.41, 5.74) is 0.888. The molecule has 0 aliphatic carbocycles. The molecule has 2 heterocycles. The Balaban J connectivity index is 2.22. The molecule has 1 fully saturated rings. The predicted octanol–water partition coefficient (Wildman–Crippen LogP) is 0.785. The summed E-state index contributed by atoms with van der Waals surface area (Å²) in [4.78, 5) is 35.9. The Bertz CT molecular complexity index is 956. The monoisotopic (exact) mass is 327 g/mol.